The Kier molecular flexibility index (Phi) is 5.65. The topological polar surface area (TPSA) is 91.8 Å². The standard InChI is InChI=1S/C19H25NO5S/c21-18(16-7-10-26(24,25)11-8-16)20-9-1-2-15(13-20)12-14-3-5-17(6-4-14)19(22)23/h3-6,15-16H,1-2,7-13H2,(H,22,23)/t15-/m1/s1. The number of aromatic carboxylic acids is 1. The Morgan fingerprint density at radius 1 is 1.08 bits per heavy atom. The van der Waals surface area contributed by atoms with E-state index in [1.807, 2.05) is 17.0 Å². The summed E-state index contributed by atoms with van der Waals surface area (Å²) in [6.07, 6.45) is 3.71. The summed E-state index contributed by atoms with van der Waals surface area (Å²) in [6, 6.07) is 6.92. The molecule has 3 rings (SSSR count). The highest BCUT2D eigenvalue weighted by Gasteiger charge is 2.33. The third-order valence-corrected chi connectivity index (χ3v) is 7.18. The number of carbonyl (C=O) groups is 2. The molecule has 0 radical (unpaired) electrons. The van der Waals surface area contributed by atoms with Gasteiger partial charge in [0.05, 0.1) is 17.1 Å². The number of nitrogens with zero attached hydrogens (tertiary/aromatic N) is 1. The first-order valence-corrected chi connectivity index (χ1v) is 11.0. The Bertz CT molecular complexity index is 758. The van der Waals surface area contributed by atoms with Crippen LogP contribution in [0.5, 0.6) is 0 Å². The van der Waals surface area contributed by atoms with Gasteiger partial charge in [0, 0.05) is 19.0 Å². The third-order valence-electron chi connectivity index (χ3n) is 5.46. The lowest BCUT2D eigenvalue weighted by Gasteiger charge is -2.36. The Hall–Kier alpha value is -1.89. The van der Waals surface area contributed by atoms with Crippen molar-refractivity contribution in [3.63, 3.8) is 0 Å². The minimum Gasteiger partial charge on any atom is -0.478 e. The normalized spacial score (nSPS) is 23.5. The summed E-state index contributed by atoms with van der Waals surface area (Å²) in [6.45, 7) is 1.44. The van der Waals surface area contributed by atoms with Crippen LogP contribution in [-0.4, -0.2) is 54.9 Å². The van der Waals surface area contributed by atoms with E-state index in [1.54, 1.807) is 12.1 Å². The van der Waals surface area contributed by atoms with E-state index in [1.165, 1.54) is 0 Å². The number of hydrogen-bond acceptors (Lipinski definition) is 4. The van der Waals surface area contributed by atoms with Crippen molar-refractivity contribution in [3.8, 4) is 0 Å². The molecule has 2 fully saturated rings. The van der Waals surface area contributed by atoms with Gasteiger partial charge in [0.2, 0.25) is 5.91 Å². The fourth-order valence-corrected chi connectivity index (χ4v) is 5.44. The Morgan fingerprint density at radius 2 is 1.73 bits per heavy atom. The number of amides is 1. The molecule has 26 heavy (non-hydrogen) atoms. The second kappa shape index (κ2) is 7.78. The molecule has 2 heterocycles. The zero-order valence-electron chi connectivity index (χ0n) is 14.8. The monoisotopic (exact) mass is 379 g/mol. The molecule has 2 aliphatic heterocycles. The molecule has 0 saturated carbocycles. The third kappa shape index (κ3) is 4.63. The second-order valence-corrected chi connectivity index (χ2v) is 9.73. The van der Waals surface area contributed by atoms with Crippen molar-refractivity contribution in [1.82, 2.24) is 4.90 Å². The average Bonchev–Trinajstić information content (AvgIpc) is 2.62. The minimum atomic E-state index is -2.95. The lowest BCUT2D eigenvalue weighted by molar-refractivity contribution is -0.137. The first kappa shape index (κ1) is 18.9. The van der Waals surface area contributed by atoms with Crippen LogP contribution in [-0.2, 0) is 21.1 Å². The molecule has 1 aromatic carbocycles. The van der Waals surface area contributed by atoms with E-state index in [0.717, 1.165) is 31.4 Å². The first-order valence-electron chi connectivity index (χ1n) is 9.15. The number of carbonyl (C=O) groups excluding carboxylic acids is 1. The predicted molar refractivity (Wildman–Crippen MR) is 97.8 cm³/mol. The molecule has 1 aromatic rings. The van der Waals surface area contributed by atoms with Crippen molar-refractivity contribution in [2.75, 3.05) is 24.6 Å². The van der Waals surface area contributed by atoms with Crippen molar-refractivity contribution in [2.45, 2.75) is 32.1 Å². The summed E-state index contributed by atoms with van der Waals surface area (Å²) in [5.74, 6) is -0.387. The van der Waals surface area contributed by atoms with E-state index in [4.69, 9.17) is 5.11 Å². The zero-order valence-corrected chi connectivity index (χ0v) is 15.6. The summed E-state index contributed by atoms with van der Waals surface area (Å²) >= 11 is 0. The molecule has 2 aliphatic rings. The molecular formula is C19H25NO5S. The lowest BCUT2D eigenvalue weighted by Crippen LogP contribution is -2.45. The molecule has 0 spiro atoms. The maximum Gasteiger partial charge on any atom is 0.335 e. The van der Waals surface area contributed by atoms with E-state index >= 15 is 0 Å². The minimum absolute atomic E-state index is 0.103. The highest BCUT2D eigenvalue weighted by molar-refractivity contribution is 7.91. The van der Waals surface area contributed by atoms with Gasteiger partial charge in [-0.3, -0.25) is 4.79 Å². The molecule has 1 atom stereocenters. The SMILES string of the molecule is O=C(O)c1ccc(C[C@H]2CCCN(C(=O)C3CCS(=O)(=O)CC3)C2)cc1. The fourth-order valence-electron chi connectivity index (χ4n) is 3.94. The molecule has 1 amide bonds. The molecule has 1 N–H and O–H groups in total. The van der Waals surface area contributed by atoms with Gasteiger partial charge in [0.25, 0.3) is 0 Å². The van der Waals surface area contributed by atoms with Gasteiger partial charge in [0.15, 0.2) is 0 Å². The second-order valence-electron chi connectivity index (χ2n) is 7.42. The van der Waals surface area contributed by atoms with Gasteiger partial charge in [-0.2, -0.15) is 0 Å². The van der Waals surface area contributed by atoms with Crippen LogP contribution in [0.4, 0.5) is 0 Å². The van der Waals surface area contributed by atoms with Crippen LogP contribution in [0.15, 0.2) is 24.3 Å². The summed E-state index contributed by atoms with van der Waals surface area (Å²) < 4.78 is 23.1. The number of piperidine rings is 1. The molecule has 0 aliphatic carbocycles. The number of carboxylic acids is 1. The Morgan fingerprint density at radius 3 is 2.35 bits per heavy atom. The number of carboxylic acid groups (broad SMARTS) is 1. The van der Waals surface area contributed by atoms with Crippen LogP contribution in [0.25, 0.3) is 0 Å². The van der Waals surface area contributed by atoms with E-state index in [9.17, 15) is 18.0 Å². The van der Waals surface area contributed by atoms with Gasteiger partial charge in [-0.1, -0.05) is 12.1 Å². The molecule has 142 valence electrons. The van der Waals surface area contributed by atoms with Crippen LogP contribution >= 0.6 is 0 Å². The average molecular weight is 379 g/mol. The maximum atomic E-state index is 12.7. The summed E-state index contributed by atoms with van der Waals surface area (Å²) in [5, 5.41) is 8.97. The van der Waals surface area contributed by atoms with Gasteiger partial charge in [-0.15, -0.1) is 0 Å². The fraction of sp³-hybridized carbons (Fsp3) is 0.579. The largest absolute Gasteiger partial charge is 0.478 e. The van der Waals surface area contributed by atoms with E-state index < -0.39 is 15.8 Å². The van der Waals surface area contributed by atoms with Crippen molar-refractivity contribution in [3.05, 3.63) is 35.4 Å². The summed E-state index contributed by atoms with van der Waals surface area (Å²) in [5.41, 5.74) is 1.36. The van der Waals surface area contributed by atoms with Crippen LogP contribution in [0.2, 0.25) is 0 Å². The highest BCUT2D eigenvalue weighted by Crippen LogP contribution is 2.26. The summed E-state index contributed by atoms with van der Waals surface area (Å²) in [4.78, 5) is 25.6. The number of likely N-dealkylation sites (tertiary alicyclic amines) is 1. The predicted octanol–water partition coefficient (Wildman–Crippen LogP) is 1.99. The Labute approximate surface area is 154 Å². The van der Waals surface area contributed by atoms with Crippen LogP contribution in [0.1, 0.15) is 41.6 Å². The van der Waals surface area contributed by atoms with Gasteiger partial charge in [-0.25, -0.2) is 13.2 Å². The zero-order chi connectivity index (χ0) is 18.7. The van der Waals surface area contributed by atoms with Gasteiger partial charge < -0.3 is 10.0 Å². The molecular weight excluding hydrogens is 354 g/mol. The smallest absolute Gasteiger partial charge is 0.335 e. The van der Waals surface area contributed by atoms with Crippen LogP contribution in [0, 0.1) is 11.8 Å². The van der Waals surface area contributed by atoms with Crippen molar-refractivity contribution < 1.29 is 23.1 Å². The maximum absolute atomic E-state index is 12.7. The highest BCUT2D eigenvalue weighted by atomic mass is 32.2. The number of sulfone groups is 1. The number of benzene rings is 1. The first-order chi connectivity index (χ1) is 12.3. The van der Waals surface area contributed by atoms with Crippen LogP contribution in [0.3, 0.4) is 0 Å². The van der Waals surface area contributed by atoms with E-state index in [2.05, 4.69) is 0 Å². The number of rotatable bonds is 4. The van der Waals surface area contributed by atoms with Gasteiger partial charge in [0.1, 0.15) is 9.84 Å². The van der Waals surface area contributed by atoms with E-state index in [-0.39, 0.29) is 28.9 Å². The molecule has 2 saturated heterocycles. The van der Waals surface area contributed by atoms with Crippen molar-refractivity contribution in [1.29, 1.82) is 0 Å². The summed E-state index contributed by atoms with van der Waals surface area (Å²) in [7, 11) is -2.95. The van der Waals surface area contributed by atoms with Gasteiger partial charge in [-0.05, 0) is 55.7 Å². The Balaban J connectivity index is 1.57. The quantitative estimate of drug-likeness (QED) is 0.864. The molecule has 0 bridgehead atoms. The molecule has 0 aromatic heterocycles. The van der Waals surface area contributed by atoms with Crippen molar-refractivity contribution >= 4 is 21.7 Å². The molecule has 7 heteroatoms. The van der Waals surface area contributed by atoms with Crippen molar-refractivity contribution in [2.24, 2.45) is 11.8 Å². The number of hydrogen-bond donors (Lipinski definition) is 1. The van der Waals surface area contributed by atoms with E-state index in [0.29, 0.717) is 25.3 Å². The van der Waals surface area contributed by atoms with Gasteiger partial charge >= 0.3 is 5.97 Å². The lowest BCUT2D eigenvalue weighted by atomic mass is 9.90. The van der Waals surface area contributed by atoms with Crippen LogP contribution < -0.4 is 0 Å². The molecule has 0 unspecified atom stereocenters. The molecule has 6 nitrogen and oxygen atoms in total.